The number of rotatable bonds is 3. The summed E-state index contributed by atoms with van der Waals surface area (Å²) in [5, 5.41) is 9.51. The van der Waals surface area contributed by atoms with E-state index < -0.39 is 0 Å². The van der Waals surface area contributed by atoms with Gasteiger partial charge in [-0.05, 0) is 40.9 Å². The summed E-state index contributed by atoms with van der Waals surface area (Å²) in [5.41, 5.74) is 2.19. The van der Waals surface area contributed by atoms with E-state index in [2.05, 4.69) is 36.9 Å². The van der Waals surface area contributed by atoms with Crippen molar-refractivity contribution >= 4 is 44.5 Å². The van der Waals surface area contributed by atoms with Crippen molar-refractivity contribution < 1.29 is 4.42 Å². The Labute approximate surface area is 147 Å². The molecule has 4 rings (SSSR count). The summed E-state index contributed by atoms with van der Waals surface area (Å²) in [7, 11) is 0. The van der Waals surface area contributed by atoms with Gasteiger partial charge in [-0.25, -0.2) is 4.98 Å². The predicted molar refractivity (Wildman–Crippen MR) is 97.4 cm³/mol. The number of aromatic nitrogens is 2. The number of nitriles is 1. The number of hydrogen-bond acceptors (Lipinski definition) is 4. The second-order valence-corrected chi connectivity index (χ2v) is 6.62. The molecule has 1 aliphatic rings. The Bertz CT molecular complexity index is 924. The molecule has 120 valence electrons. The summed E-state index contributed by atoms with van der Waals surface area (Å²) in [5.74, 6) is 2.02. The third-order valence-electron chi connectivity index (χ3n) is 4.13. The van der Waals surface area contributed by atoms with Crippen molar-refractivity contribution in [2.24, 2.45) is 0 Å². The molecule has 0 saturated carbocycles. The molecule has 3 heterocycles. The number of hydrogen-bond donors (Lipinski definition) is 1. The van der Waals surface area contributed by atoms with Crippen LogP contribution in [-0.2, 0) is 0 Å². The van der Waals surface area contributed by atoms with Crippen LogP contribution in [0, 0.1) is 11.3 Å². The van der Waals surface area contributed by atoms with Crippen molar-refractivity contribution in [1.29, 1.82) is 5.26 Å². The van der Waals surface area contributed by atoms with Gasteiger partial charge in [0.05, 0.1) is 21.1 Å². The Kier molecular flexibility index (Phi) is 3.87. The summed E-state index contributed by atoms with van der Waals surface area (Å²) < 4.78 is 6.85. The van der Waals surface area contributed by atoms with Crippen molar-refractivity contribution in [3.63, 3.8) is 0 Å². The van der Waals surface area contributed by atoms with Gasteiger partial charge in [-0.2, -0.15) is 5.26 Å². The predicted octanol–water partition coefficient (Wildman–Crippen LogP) is 4.58. The first-order chi connectivity index (χ1) is 11.7. The number of nitrogens with one attached hydrogen (secondary N) is 1. The van der Waals surface area contributed by atoms with Crippen molar-refractivity contribution in [3.05, 3.63) is 46.4 Å². The molecule has 6 heteroatoms. The van der Waals surface area contributed by atoms with Gasteiger partial charge in [0.25, 0.3) is 0 Å². The van der Waals surface area contributed by atoms with E-state index >= 15 is 0 Å². The number of nitrogens with zero attached hydrogens (tertiary/aromatic N) is 3. The number of H-pyrrole nitrogens is 1. The number of imidazole rings is 1. The highest BCUT2D eigenvalue weighted by atomic mass is 79.9. The van der Waals surface area contributed by atoms with Gasteiger partial charge in [-0.3, -0.25) is 0 Å². The van der Waals surface area contributed by atoms with E-state index in [1.54, 1.807) is 6.08 Å². The van der Waals surface area contributed by atoms with E-state index in [0.717, 1.165) is 34.5 Å². The lowest BCUT2D eigenvalue weighted by atomic mass is 10.2. The van der Waals surface area contributed by atoms with Crippen LogP contribution in [0.2, 0.25) is 0 Å². The standard InChI is InChI=1S/C18H15BrN4O/c19-14-10-13(24-18(14)23-7-3-4-8-23)9-12(11-20)17-21-15-5-1-2-6-16(15)22-17/h1-2,5-6,9-10H,3-4,7-8H2,(H,21,22)/b12-9-. The second kappa shape index (κ2) is 6.17. The molecule has 0 bridgehead atoms. The van der Waals surface area contributed by atoms with Crippen LogP contribution in [0.15, 0.2) is 39.2 Å². The fraction of sp³-hybridized carbons (Fsp3) is 0.222. The Morgan fingerprint density at radius 2 is 2.12 bits per heavy atom. The molecule has 1 fully saturated rings. The van der Waals surface area contributed by atoms with Crippen LogP contribution in [-0.4, -0.2) is 23.1 Å². The number of allylic oxidation sites excluding steroid dienone is 1. The minimum absolute atomic E-state index is 0.445. The topological polar surface area (TPSA) is 68.8 Å². The minimum atomic E-state index is 0.445. The summed E-state index contributed by atoms with van der Waals surface area (Å²) in [6.07, 6.45) is 4.09. The number of anilines is 1. The Morgan fingerprint density at radius 3 is 2.88 bits per heavy atom. The van der Waals surface area contributed by atoms with Crippen LogP contribution >= 0.6 is 15.9 Å². The summed E-state index contributed by atoms with van der Waals surface area (Å²) >= 11 is 3.55. The number of benzene rings is 1. The van der Waals surface area contributed by atoms with Gasteiger partial charge in [0.15, 0.2) is 0 Å². The lowest BCUT2D eigenvalue weighted by Crippen LogP contribution is -2.17. The molecule has 0 spiro atoms. The van der Waals surface area contributed by atoms with E-state index in [1.165, 1.54) is 12.8 Å². The van der Waals surface area contributed by atoms with Crippen molar-refractivity contribution in [3.8, 4) is 6.07 Å². The van der Waals surface area contributed by atoms with Gasteiger partial charge in [-0.15, -0.1) is 0 Å². The monoisotopic (exact) mass is 382 g/mol. The van der Waals surface area contributed by atoms with Gasteiger partial charge >= 0.3 is 0 Å². The zero-order valence-corrected chi connectivity index (χ0v) is 14.5. The highest BCUT2D eigenvalue weighted by molar-refractivity contribution is 9.10. The highest BCUT2D eigenvalue weighted by Crippen LogP contribution is 2.33. The molecule has 0 radical (unpaired) electrons. The maximum atomic E-state index is 9.51. The highest BCUT2D eigenvalue weighted by Gasteiger charge is 2.19. The third-order valence-corrected chi connectivity index (χ3v) is 4.70. The normalized spacial score (nSPS) is 15.2. The SMILES string of the molecule is N#C/C(=C/c1cc(Br)c(N2CCCC2)o1)c1nc2ccccc2[nH]1. The lowest BCUT2D eigenvalue weighted by Gasteiger charge is -2.13. The number of halogens is 1. The molecule has 1 aromatic carbocycles. The third kappa shape index (κ3) is 2.72. The first-order valence-electron chi connectivity index (χ1n) is 7.86. The first-order valence-corrected chi connectivity index (χ1v) is 8.65. The van der Waals surface area contributed by atoms with Crippen molar-refractivity contribution in [1.82, 2.24) is 9.97 Å². The van der Waals surface area contributed by atoms with Crippen LogP contribution in [0.4, 0.5) is 5.88 Å². The molecule has 0 atom stereocenters. The van der Waals surface area contributed by atoms with E-state index in [9.17, 15) is 5.26 Å². The molecule has 24 heavy (non-hydrogen) atoms. The molecule has 0 amide bonds. The zero-order valence-electron chi connectivity index (χ0n) is 12.9. The van der Waals surface area contributed by atoms with Crippen LogP contribution < -0.4 is 4.90 Å². The number of fused-ring (bicyclic) bond motifs is 1. The minimum Gasteiger partial charge on any atom is -0.440 e. The number of aromatic amines is 1. The van der Waals surface area contributed by atoms with Crippen molar-refractivity contribution in [2.45, 2.75) is 12.8 Å². The van der Waals surface area contributed by atoms with Crippen LogP contribution in [0.3, 0.4) is 0 Å². The first kappa shape index (κ1) is 15.0. The number of para-hydroxylation sites is 2. The van der Waals surface area contributed by atoms with Crippen molar-refractivity contribution in [2.75, 3.05) is 18.0 Å². The Morgan fingerprint density at radius 1 is 1.33 bits per heavy atom. The van der Waals surface area contributed by atoms with Gasteiger partial charge in [-0.1, -0.05) is 12.1 Å². The summed E-state index contributed by atoms with van der Waals surface area (Å²) in [4.78, 5) is 9.87. The van der Waals surface area contributed by atoms with Crippen LogP contribution in [0.5, 0.6) is 0 Å². The Balaban J connectivity index is 1.70. The number of furan rings is 1. The molecule has 2 aromatic heterocycles. The maximum Gasteiger partial charge on any atom is 0.210 e. The van der Waals surface area contributed by atoms with E-state index in [-0.39, 0.29) is 0 Å². The molecular weight excluding hydrogens is 368 g/mol. The molecule has 1 aliphatic heterocycles. The Hall–Kier alpha value is -2.52. The van der Waals surface area contributed by atoms with Crippen LogP contribution in [0.1, 0.15) is 24.4 Å². The van der Waals surface area contributed by atoms with E-state index in [0.29, 0.717) is 17.2 Å². The largest absolute Gasteiger partial charge is 0.440 e. The molecule has 3 aromatic rings. The molecule has 5 nitrogen and oxygen atoms in total. The van der Waals surface area contributed by atoms with Gasteiger partial charge in [0.1, 0.15) is 17.7 Å². The van der Waals surface area contributed by atoms with E-state index in [1.807, 2.05) is 30.3 Å². The van der Waals surface area contributed by atoms with Gasteiger partial charge in [0.2, 0.25) is 5.88 Å². The molecule has 1 N–H and O–H groups in total. The van der Waals surface area contributed by atoms with E-state index in [4.69, 9.17) is 4.42 Å². The zero-order chi connectivity index (χ0) is 16.5. The van der Waals surface area contributed by atoms with Crippen LogP contribution in [0.25, 0.3) is 22.7 Å². The molecule has 0 aliphatic carbocycles. The quantitative estimate of drug-likeness (QED) is 0.672. The smallest absolute Gasteiger partial charge is 0.210 e. The van der Waals surface area contributed by atoms with Gasteiger partial charge in [0, 0.05) is 25.2 Å². The fourth-order valence-electron chi connectivity index (χ4n) is 2.96. The fourth-order valence-corrected chi connectivity index (χ4v) is 3.52. The second-order valence-electron chi connectivity index (χ2n) is 5.77. The molecule has 0 unspecified atom stereocenters. The molecule has 1 saturated heterocycles. The maximum absolute atomic E-state index is 9.51. The average molecular weight is 383 g/mol. The lowest BCUT2D eigenvalue weighted by molar-refractivity contribution is 0.546. The summed E-state index contributed by atoms with van der Waals surface area (Å²) in [6.45, 7) is 2.01. The average Bonchev–Trinajstić information content (AvgIpc) is 3.31. The molecular formula is C18H15BrN4O. The van der Waals surface area contributed by atoms with Gasteiger partial charge < -0.3 is 14.3 Å². The summed E-state index contributed by atoms with van der Waals surface area (Å²) in [6, 6.07) is 11.8.